The number of benzene rings is 2. The Kier molecular flexibility index (Phi) is 15.9. The van der Waals surface area contributed by atoms with Crippen LogP contribution in [0.5, 0.6) is 5.75 Å². The van der Waals surface area contributed by atoms with Crippen molar-refractivity contribution in [2.24, 2.45) is 5.92 Å². The average molecular weight is 634 g/mol. The number of carbonyl (C=O) groups excluding carboxylic acids is 1. The molecule has 0 spiro atoms. The van der Waals surface area contributed by atoms with E-state index in [4.69, 9.17) is 4.74 Å². The van der Waals surface area contributed by atoms with Crippen LogP contribution in [-0.4, -0.2) is 77.5 Å². The van der Waals surface area contributed by atoms with Crippen LogP contribution in [0.25, 0.3) is 0 Å². The lowest BCUT2D eigenvalue weighted by molar-refractivity contribution is -0.124. The molecule has 0 aliphatic carbocycles. The first-order valence-electron chi connectivity index (χ1n) is 13.3. The summed E-state index contributed by atoms with van der Waals surface area (Å²) in [6.07, 6.45) is 0.458. The van der Waals surface area contributed by atoms with Crippen LogP contribution in [0.3, 0.4) is 0 Å². The molecule has 13 heteroatoms. The first-order valence-corrected chi connectivity index (χ1v) is 17.0. The molecule has 0 fully saturated rings. The van der Waals surface area contributed by atoms with Crippen LogP contribution in [0.4, 0.5) is 0 Å². The molecule has 0 heterocycles. The van der Waals surface area contributed by atoms with Gasteiger partial charge in [0.15, 0.2) is 0 Å². The van der Waals surface area contributed by atoms with E-state index in [2.05, 4.69) is 15.4 Å². The van der Waals surface area contributed by atoms with Crippen molar-refractivity contribution in [1.29, 1.82) is 0 Å². The Balaban J connectivity index is 0.00000840. The second kappa shape index (κ2) is 17.7. The van der Waals surface area contributed by atoms with Crippen molar-refractivity contribution in [1.82, 2.24) is 15.4 Å². The van der Waals surface area contributed by atoms with Crippen molar-refractivity contribution in [2.75, 3.05) is 31.4 Å². The first-order chi connectivity index (χ1) is 18.8. The van der Waals surface area contributed by atoms with E-state index in [1.54, 1.807) is 7.11 Å². The maximum atomic E-state index is 13.4. The van der Waals surface area contributed by atoms with E-state index < -0.39 is 44.0 Å². The van der Waals surface area contributed by atoms with Crippen molar-refractivity contribution in [3.05, 3.63) is 65.7 Å². The number of nitrogens with one attached hydrogen (secondary N) is 3. The van der Waals surface area contributed by atoms with Gasteiger partial charge in [0.2, 0.25) is 15.9 Å². The van der Waals surface area contributed by atoms with Crippen molar-refractivity contribution < 1.29 is 31.5 Å². The average Bonchev–Trinajstić information content (AvgIpc) is 2.89. The number of ether oxygens (including phenoxy) is 1. The van der Waals surface area contributed by atoms with Gasteiger partial charge in [-0.1, -0.05) is 56.3 Å². The number of aliphatic hydroxyl groups excluding tert-OH is 1. The molecular weight excluding hydrogens is 590 g/mol. The van der Waals surface area contributed by atoms with Crippen LogP contribution in [0, 0.1) is 5.92 Å². The number of sulfonamides is 1. The molecule has 232 valence electrons. The Morgan fingerprint density at radius 2 is 1.61 bits per heavy atom. The van der Waals surface area contributed by atoms with E-state index in [0.717, 1.165) is 17.4 Å². The Bertz CT molecular complexity index is 1280. The number of amides is 1. The Morgan fingerprint density at radius 3 is 2.22 bits per heavy atom. The van der Waals surface area contributed by atoms with Crippen molar-refractivity contribution in [3.8, 4) is 5.75 Å². The van der Waals surface area contributed by atoms with Gasteiger partial charge in [0.05, 0.1) is 30.8 Å². The summed E-state index contributed by atoms with van der Waals surface area (Å²) < 4.78 is 56.7. The highest BCUT2D eigenvalue weighted by Crippen LogP contribution is 2.13. The molecule has 2 rings (SSSR count). The zero-order chi connectivity index (χ0) is 29.8. The molecule has 41 heavy (non-hydrogen) atoms. The Morgan fingerprint density at radius 1 is 0.951 bits per heavy atom. The predicted molar refractivity (Wildman–Crippen MR) is 165 cm³/mol. The Labute approximate surface area is 251 Å². The van der Waals surface area contributed by atoms with Gasteiger partial charge in [-0.15, -0.1) is 12.4 Å². The maximum Gasteiger partial charge on any atom is 0.238 e. The minimum atomic E-state index is -3.84. The van der Waals surface area contributed by atoms with E-state index in [1.807, 2.05) is 68.4 Å². The molecule has 0 aromatic heterocycles. The second-order valence-electron chi connectivity index (χ2n) is 10.4. The van der Waals surface area contributed by atoms with Gasteiger partial charge in [-0.05, 0) is 48.4 Å². The molecule has 0 saturated heterocycles. The summed E-state index contributed by atoms with van der Waals surface area (Å²) in [5.41, 5.74) is 1.82. The molecule has 3 atom stereocenters. The molecular formula is C28H44ClN3O7S2. The SMILES string of the molecule is COc1cccc(CNC[C@H](O)[C@H](Cc2ccccc2)NC(=O)[C@H](CCS(C)(=O)=O)NS(=O)(=O)CCC(C)C)c1.Cl. The standard InChI is InChI=1S/C28H43N3O7S2.ClH/c1-21(2)13-16-40(36,37)31-25(14-15-39(4,34)35)28(33)30-26(18-22-9-6-5-7-10-22)27(32)20-29-19-23-11-8-12-24(17-23)38-3;/h5-12,17,21,25-27,29,31-32H,13-16,18-20H2,1-4H3,(H,30,33);1H/t25-,26-,27-;/m0./s1. The largest absolute Gasteiger partial charge is 0.497 e. The molecule has 0 saturated carbocycles. The summed E-state index contributed by atoms with van der Waals surface area (Å²) in [7, 11) is -5.71. The molecule has 1 amide bonds. The van der Waals surface area contributed by atoms with Crippen LogP contribution in [0.2, 0.25) is 0 Å². The second-order valence-corrected chi connectivity index (χ2v) is 14.6. The summed E-state index contributed by atoms with van der Waals surface area (Å²) in [5, 5.41) is 17.0. The van der Waals surface area contributed by atoms with E-state index in [-0.39, 0.29) is 49.2 Å². The van der Waals surface area contributed by atoms with Crippen LogP contribution >= 0.6 is 12.4 Å². The van der Waals surface area contributed by atoms with E-state index in [1.165, 1.54) is 0 Å². The lowest BCUT2D eigenvalue weighted by atomic mass is 10.00. The fourth-order valence-electron chi connectivity index (χ4n) is 3.97. The van der Waals surface area contributed by atoms with E-state index >= 15 is 0 Å². The summed E-state index contributed by atoms with van der Waals surface area (Å²) in [5.74, 6) is -0.395. The van der Waals surface area contributed by atoms with Crippen LogP contribution < -0.4 is 20.1 Å². The molecule has 0 aliphatic heterocycles. The monoisotopic (exact) mass is 633 g/mol. The normalized spacial score (nSPS) is 14.1. The lowest BCUT2D eigenvalue weighted by Crippen LogP contribution is -2.55. The Hall–Kier alpha value is -2.22. The highest BCUT2D eigenvalue weighted by molar-refractivity contribution is 7.90. The summed E-state index contributed by atoms with van der Waals surface area (Å²) in [6, 6.07) is 14.7. The highest BCUT2D eigenvalue weighted by atomic mass is 35.5. The van der Waals surface area contributed by atoms with Gasteiger partial charge >= 0.3 is 0 Å². The van der Waals surface area contributed by atoms with E-state index in [9.17, 15) is 26.7 Å². The molecule has 0 radical (unpaired) electrons. The molecule has 10 nitrogen and oxygen atoms in total. The zero-order valence-electron chi connectivity index (χ0n) is 24.1. The fourth-order valence-corrected chi connectivity index (χ4v) is 6.19. The van der Waals surface area contributed by atoms with Crippen LogP contribution in [-0.2, 0) is 37.6 Å². The minimum Gasteiger partial charge on any atom is -0.497 e. The summed E-state index contributed by atoms with van der Waals surface area (Å²) in [6.45, 7) is 4.37. The zero-order valence-corrected chi connectivity index (χ0v) is 26.5. The fraction of sp³-hybridized carbons (Fsp3) is 0.536. The quantitative estimate of drug-likeness (QED) is 0.195. The van der Waals surface area contributed by atoms with Crippen molar-refractivity contribution in [2.45, 2.75) is 57.8 Å². The molecule has 0 bridgehead atoms. The molecule has 0 unspecified atom stereocenters. The van der Waals surface area contributed by atoms with Gasteiger partial charge in [-0.25, -0.2) is 21.6 Å². The van der Waals surface area contributed by atoms with Gasteiger partial charge in [0, 0.05) is 19.3 Å². The number of hydrogen-bond donors (Lipinski definition) is 4. The maximum absolute atomic E-state index is 13.4. The van der Waals surface area contributed by atoms with Crippen molar-refractivity contribution in [3.63, 3.8) is 0 Å². The number of carbonyl (C=O) groups is 1. The highest BCUT2D eigenvalue weighted by Gasteiger charge is 2.29. The third-order valence-electron chi connectivity index (χ3n) is 6.29. The van der Waals surface area contributed by atoms with Crippen molar-refractivity contribution >= 4 is 38.2 Å². The molecule has 2 aromatic carbocycles. The minimum absolute atomic E-state index is 0. The predicted octanol–water partition coefficient (Wildman–Crippen LogP) is 2.06. The van der Waals surface area contributed by atoms with Crippen LogP contribution in [0.1, 0.15) is 37.8 Å². The number of halogens is 1. The number of sulfone groups is 1. The van der Waals surface area contributed by atoms with Gasteiger partial charge in [0.1, 0.15) is 21.6 Å². The third-order valence-corrected chi connectivity index (χ3v) is 8.68. The number of rotatable bonds is 18. The lowest BCUT2D eigenvalue weighted by Gasteiger charge is -2.27. The van der Waals surface area contributed by atoms with Gasteiger partial charge in [-0.3, -0.25) is 4.79 Å². The molecule has 0 aliphatic rings. The van der Waals surface area contributed by atoms with Gasteiger partial charge in [-0.2, -0.15) is 0 Å². The van der Waals surface area contributed by atoms with Gasteiger partial charge < -0.3 is 20.5 Å². The van der Waals surface area contributed by atoms with Gasteiger partial charge in [0.25, 0.3) is 0 Å². The number of hydrogen-bond acceptors (Lipinski definition) is 8. The number of methoxy groups -OCH3 is 1. The van der Waals surface area contributed by atoms with Crippen LogP contribution in [0.15, 0.2) is 54.6 Å². The van der Waals surface area contributed by atoms with E-state index in [0.29, 0.717) is 18.7 Å². The molecule has 4 N–H and O–H groups in total. The summed E-state index contributed by atoms with van der Waals surface area (Å²) in [4.78, 5) is 13.4. The third kappa shape index (κ3) is 15.0. The summed E-state index contributed by atoms with van der Waals surface area (Å²) >= 11 is 0. The topological polar surface area (TPSA) is 151 Å². The first kappa shape index (κ1) is 36.8. The smallest absolute Gasteiger partial charge is 0.238 e. The molecule has 2 aromatic rings. The number of aliphatic hydroxyl groups is 1.